The van der Waals surface area contributed by atoms with Gasteiger partial charge in [0, 0.05) is 44.0 Å². The summed E-state index contributed by atoms with van der Waals surface area (Å²) in [6.45, 7) is 7.45. The summed E-state index contributed by atoms with van der Waals surface area (Å²) in [6, 6.07) is 9.48. The first kappa shape index (κ1) is 25.1. The Kier molecular flexibility index (Phi) is 8.77. The number of halogens is 1. The summed E-state index contributed by atoms with van der Waals surface area (Å²) in [5.41, 5.74) is 3.72. The average molecular weight is 491 g/mol. The number of rotatable bonds is 6. The molecule has 0 radical (unpaired) electrons. The van der Waals surface area contributed by atoms with Gasteiger partial charge in [0.2, 0.25) is 5.91 Å². The van der Waals surface area contributed by atoms with Gasteiger partial charge in [-0.2, -0.15) is 0 Å². The highest BCUT2D eigenvalue weighted by molar-refractivity contribution is 7.80. The normalized spacial score (nSPS) is 14.4. The number of carbonyl (C=O) groups excluding carboxylic acids is 1. The lowest BCUT2D eigenvalue weighted by Gasteiger charge is -2.25. The van der Waals surface area contributed by atoms with Crippen molar-refractivity contribution >= 4 is 46.2 Å². The summed E-state index contributed by atoms with van der Waals surface area (Å²) in [6.07, 6.45) is 0.902. The van der Waals surface area contributed by atoms with Crippen molar-refractivity contribution in [3.8, 4) is 11.5 Å². The highest BCUT2D eigenvalue weighted by Gasteiger charge is 2.20. The van der Waals surface area contributed by atoms with Crippen LogP contribution >= 0.6 is 23.8 Å². The number of para-hydroxylation sites is 1. The summed E-state index contributed by atoms with van der Waals surface area (Å²) in [4.78, 5) is 16.9. The Hall–Kier alpha value is -2.55. The van der Waals surface area contributed by atoms with Crippen LogP contribution in [0.1, 0.15) is 17.5 Å². The molecule has 9 heteroatoms. The molecule has 0 spiro atoms. The molecule has 2 N–H and O–H groups in total. The monoisotopic (exact) mass is 490 g/mol. The second-order valence-electron chi connectivity index (χ2n) is 8.05. The molecule has 7 nitrogen and oxygen atoms in total. The van der Waals surface area contributed by atoms with Crippen molar-refractivity contribution in [3.63, 3.8) is 0 Å². The third kappa shape index (κ3) is 6.50. The average Bonchev–Trinajstić information content (AvgIpc) is 3.02. The molecule has 1 heterocycles. The zero-order chi connectivity index (χ0) is 24.0. The van der Waals surface area contributed by atoms with Crippen molar-refractivity contribution < 1.29 is 14.3 Å². The predicted molar refractivity (Wildman–Crippen MR) is 138 cm³/mol. The lowest BCUT2D eigenvalue weighted by atomic mass is 10.1. The fourth-order valence-corrected chi connectivity index (χ4v) is 4.40. The number of amides is 1. The summed E-state index contributed by atoms with van der Waals surface area (Å²) in [5, 5.41) is 7.39. The number of nitrogens with one attached hydrogen (secondary N) is 2. The summed E-state index contributed by atoms with van der Waals surface area (Å²) < 4.78 is 10.7. The van der Waals surface area contributed by atoms with Crippen molar-refractivity contribution in [2.45, 2.75) is 20.3 Å². The third-order valence-electron chi connectivity index (χ3n) is 5.70. The fraction of sp³-hybridized carbons (Fsp3) is 0.417. The maximum Gasteiger partial charge on any atom is 0.238 e. The molecule has 0 saturated carbocycles. The lowest BCUT2D eigenvalue weighted by Crippen LogP contribution is -2.39. The molecule has 178 valence electrons. The van der Waals surface area contributed by atoms with E-state index in [4.69, 9.17) is 33.3 Å². The van der Waals surface area contributed by atoms with Crippen LogP contribution in [-0.4, -0.2) is 67.8 Å². The molecule has 0 aliphatic carbocycles. The minimum atomic E-state index is -0.000419. The molecule has 0 unspecified atom stereocenters. The topological polar surface area (TPSA) is 66.1 Å². The van der Waals surface area contributed by atoms with E-state index in [1.54, 1.807) is 26.4 Å². The summed E-state index contributed by atoms with van der Waals surface area (Å²) >= 11 is 11.9. The van der Waals surface area contributed by atoms with Crippen LogP contribution in [0.4, 0.5) is 11.4 Å². The number of benzene rings is 2. The van der Waals surface area contributed by atoms with Gasteiger partial charge in [0.25, 0.3) is 0 Å². The van der Waals surface area contributed by atoms with E-state index in [2.05, 4.69) is 20.4 Å². The van der Waals surface area contributed by atoms with Gasteiger partial charge in [-0.1, -0.05) is 29.8 Å². The second kappa shape index (κ2) is 11.5. The van der Waals surface area contributed by atoms with Gasteiger partial charge in [0.1, 0.15) is 11.5 Å². The zero-order valence-corrected chi connectivity index (χ0v) is 21.1. The van der Waals surface area contributed by atoms with Crippen molar-refractivity contribution in [2.75, 3.05) is 57.6 Å². The highest BCUT2D eigenvalue weighted by Crippen LogP contribution is 2.36. The van der Waals surface area contributed by atoms with E-state index in [0.717, 1.165) is 49.4 Å². The standard InChI is InChI=1S/C24H31ClN4O3S/c1-16-7-5-8-17(2)23(16)27-22(30)15-28-9-6-10-29(12-11-28)24(33)26-19-14-20(31-3)18(25)13-21(19)32-4/h5,7-8,13-14H,6,9-12,15H2,1-4H3,(H,26,33)(H,27,30). The minimum absolute atomic E-state index is 0.000419. The van der Waals surface area contributed by atoms with Crippen molar-refractivity contribution in [1.29, 1.82) is 0 Å². The van der Waals surface area contributed by atoms with Crippen molar-refractivity contribution in [2.24, 2.45) is 0 Å². The van der Waals surface area contributed by atoms with Crippen LogP contribution < -0.4 is 20.1 Å². The Morgan fingerprint density at radius 1 is 1.03 bits per heavy atom. The first-order valence-corrected chi connectivity index (χ1v) is 11.7. The maximum atomic E-state index is 12.7. The molecule has 0 aromatic heterocycles. The zero-order valence-electron chi connectivity index (χ0n) is 19.5. The lowest BCUT2D eigenvalue weighted by molar-refractivity contribution is -0.117. The third-order valence-corrected chi connectivity index (χ3v) is 6.36. The Morgan fingerprint density at radius 2 is 1.73 bits per heavy atom. The van der Waals surface area contributed by atoms with Gasteiger partial charge in [0.15, 0.2) is 5.11 Å². The molecule has 3 rings (SSSR count). The van der Waals surface area contributed by atoms with E-state index in [-0.39, 0.29) is 5.91 Å². The number of thiocarbonyl (C=S) groups is 1. The van der Waals surface area contributed by atoms with E-state index < -0.39 is 0 Å². The van der Waals surface area contributed by atoms with Crippen LogP contribution in [0.2, 0.25) is 5.02 Å². The second-order valence-corrected chi connectivity index (χ2v) is 8.84. The first-order chi connectivity index (χ1) is 15.8. The molecule has 2 aromatic rings. The Labute approximate surface area is 206 Å². The minimum Gasteiger partial charge on any atom is -0.495 e. The largest absolute Gasteiger partial charge is 0.495 e. The number of hydrogen-bond acceptors (Lipinski definition) is 5. The molecular weight excluding hydrogens is 460 g/mol. The number of hydrogen-bond donors (Lipinski definition) is 2. The number of ether oxygens (including phenoxy) is 2. The predicted octanol–water partition coefficient (Wildman–Crippen LogP) is 4.32. The Morgan fingerprint density at radius 3 is 2.39 bits per heavy atom. The van der Waals surface area contributed by atoms with E-state index in [1.807, 2.05) is 32.0 Å². The van der Waals surface area contributed by atoms with Crippen LogP contribution in [0.25, 0.3) is 0 Å². The van der Waals surface area contributed by atoms with Crippen molar-refractivity contribution in [3.05, 3.63) is 46.5 Å². The Balaban J connectivity index is 1.57. The molecule has 1 aliphatic heterocycles. The van der Waals surface area contributed by atoms with Crippen molar-refractivity contribution in [1.82, 2.24) is 9.80 Å². The smallest absolute Gasteiger partial charge is 0.238 e. The first-order valence-electron chi connectivity index (χ1n) is 10.9. The highest BCUT2D eigenvalue weighted by atomic mass is 35.5. The fourth-order valence-electron chi connectivity index (χ4n) is 3.88. The van der Waals surface area contributed by atoms with E-state index in [9.17, 15) is 4.79 Å². The Bertz CT molecular complexity index is 997. The number of nitrogens with zero attached hydrogens (tertiary/aromatic N) is 2. The van der Waals surface area contributed by atoms with Crippen LogP contribution in [0, 0.1) is 13.8 Å². The number of aryl methyl sites for hydroxylation is 2. The van der Waals surface area contributed by atoms with E-state index in [0.29, 0.717) is 33.9 Å². The quantitative estimate of drug-likeness (QED) is 0.584. The van der Waals surface area contributed by atoms with E-state index in [1.165, 1.54) is 0 Å². The molecule has 33 heavy (non-hydrogen) atoms. The van der Waals surface area contributed by atoms with Crippen LogP contribution in [0.5, 0.6) is 11.5 Å². The van der Waals surface area contributed by atoms with Gasteiger partial charge in [-0.15, -0.1) is 0 Å². The number of anilines is 2. The van der Waals surface area contributed by atoms with E-state index >= 15 is 0 Å². The van der Waals surface area contributed by atoms with Gasteiger partial charge in [-0.3, -0.25) is 9.69 Å². The van der Waals surface area contributed by atoms with Gasteiger partial charge in [0.05, 0.1) is 31.5 Å². The molecule has 1 amide bonds. The summed E-state index contributed by atoms with van der Waals surface area (Å²) in [7, 11) is 3.15. The molecule has 0 bridgehead atoms. The van der Waals surface area contributed by atoms with Crippen LogP contribution in [0.3, 0.4) is 0 Å². The summed E-state index contributed by atoms with van der Waals surface area (Å²) in [5.74, 6) is 1.13. The molecular formula is C24H31ClN4O3S. The number of methoxy groups -OCH3 is 2. The van der Waals surface area contributed by atoms with Crippen LogP contribution in [0.15, 0.2) is 30.3 Å². The molecule has 1 aliphatic rings. The molecule has 1 fully saturated rings. The molecule has 0 atom stereocenters. The SMILES string of the molecule is COc1cc(NC(=S)N2CCCN(CC(=O)Nc3c(C)cccc3C)CC2)c(OC)cc1Cl. The molecule has 1 saturated heterocycles. The van der Waals surface area contributed by atoms with Gasteiger partial charge >= 0.3 is 0 Å². The number of carbonyl (C=O) groups is 1. The van der Waals surface area contributed by atoms with Gasteiger partial charge < -0.3 is 25.0 Å². The van der Waals surface area contributed by atoms with Gasteiger partial charge in [-0.05, 0) is 43.6 Å². The van der Waals surface area contributed by atoms with Gasteiger partial charge in [-0.25, -0.2) is 0 Å². The molecule has 2 aromatic carbocycles. The van der Waals surface area contributed by atoms with Crippen LogP contribution in [-0.2, 0) is 4.79 Å². The maximum absolute atomic E-state index is 12.7.